The fraction of sp³-hybridized carbons (Fsp3) is 0.185. The van der Waals surface area contributed by atoms with Gasteiger partial charge in [0.2, 0.25) is 0 Å². The maximum absolute atomic E-state index is 9.72. The Labute approximate surface area is 188 Å². The van der Waals surface area contributed by atoms with E-state index in [1.54, 1.807) is 14.2 Å². The van der Waals surface area contributed by atoms with Gasteiger partial charge in [-0.15, -0.1) is 0 Å². The van der Waals surface area contributed by atoms with Gasteiger partial charge in [0.25, 0.3) is 0 Å². The lowest BCUT2D eigenvalue weighted by molar-refractivity contribution is 0.395. The molecule has 32 heavy (non-hydrogen) atoms. The van der Waals surface area contributed by atoms with Crippen molar-refractivity contribution in [2.24, 2.45) is 0 Å². The molecule has 3 aromatic carbocycles. The van der Waals surface area contributed by atoms with Gasteiger partial charge in [-0.25, -0.2) is 0 Å². The fourth-order valence-electron chi connectivity index (χ4n) is 4.08. The third kappa shape index (κ3) is 4.28. The Hall–Kier alpha value is -3.86. The van der Waals surface area contributed by atoms with Crippen LogP contribution in [0.25, 0.3) is 10.9 Å². The summed E-state index contributed by atoms with van der Waals surface area (Å²) in [6.07, 6.45) is 2.56. The molecule has 0 spiro atoms. The molecule has 4 rings (SSSR count). The van der Waals surface area contributed by atoms with Gasteiger partial charge in [-0.2, -0.15) is 0 Å². The van der Waals surface area contributed by atoms with Gasteiger partial charge in [-0.3, -0.25) is 0 Å². The summed E-state index contributed by atoms with van der Waals surface area (Å²) in [5, 5.41) is 10.9. The first-order chi connectivity index (χ1) is 15.5. The molecule has 0 saturated heterocycles. The molecular formula is C27H28N2O3. The van der Waals surface area contributed by atoms with Crippen LogP contribution in [0.4, 0.5) is 11.4 Å². The number of rotatable bonds is 8. The van der Waals surface area contributed by atoms with E-state index >= 15 is 0 Å². The number of nitrogens with zero attached hydrogens (tertiary/aromatic N) is 2. The summed E-state index contributed by atoms with van der Waals surface area (Å²) in [4.78, 5) is 2.11. The van der Waals surface area contributed by atoms with E-state index in [2.05, 4.69) is 58.6 Å². The summed E-state index contributed by atoms with van der Waals surface area (Å²) in [5.74, 6) is 1.68. The monoisotopic (exact) mass is 428 g/mol. The molecule has 0 aliphatic carbocycles. The summed E-state index contributed by atoms with van der Waals surface area (Å²) in [7, 11) is 5.34. The average Bonchev–Trinajstić information content (AvgIpc) is 3.14. The van der Waals surface area contributed by atoms with Crippen LogP contribution in [0, 0.1) is 0 Å². The number of hydrogen-bond acceptors (Lipinski definition) is 4. The number of aromatic nitrogens is 1. The molecule has 0 aliphatic heterocycles. The Morgan fingerprint density at radius 3 is 2.56 bits per heavy atom. The van der Waals surface area contributed by atoms with Crippen LogP contribution >= 0.6 is 0 Å². The van der Waals surface area contributed by atoms with E-state index in [9.17, 15) is 5.11 Å². The first-order valence-electron chi connectivity index (χ1n) is 10.5. The van der Waals surface area contributed by atoms with Crippen LogP contribution in [0.5, 0.6) is 11.5 Å². The number of methoxy groups -OCH3 is 2. The highest BCUT2D eigenvalue weighted by Crippen LogP contribution is 2.35. The van der Waals surface area contributed by atoms with Gasteiger partial charge in [-0.05, 0) is 41.5 Å². The number of aliphatic hydroxyl groups excluding tert-OH is 1. The zero-order valence-corrected chi connectivity index (χ0v) is 18.7. The van der Waals surface area contributed by atoms with Crippen molar-refractivity contribution in [2.75, 3.05) is 26.2 Å². The van der Waals surface area contributed by atoms with Crippen molar-refractivity contribution in [3.05, 3.63) is 96.4 Å². The number of benzene rings is 3. The van der Waals surface area contributed by atoms with E-state index in [1.165, 1.54) is 5.56 Å². The third-order valence-electron chi connectivity index (χ3n) is 5.66. The van der Waals surface area contributed by atoms with Crippen molar-refractivity contribution in [1.29, 1.82) is 0 Å². The van der Waals surface area contributed by atoms with Gasteiger partial charge in [0.05, 0.1) is 25.7 Å². The molecule has 1 N–H and O–H groups in total. The van der Waals surface area contributed by atoms with E-state index in [1.807, 2.05) is 37.4 Å². The van der Waals surface area contributed by atoms with Gasteiger partial charge in [0.1, 0.15) is 11.5 Å². The second kappa shape index (κ2) is 9.10. The second-order valence-corrected chi connectivity index (χ2v) is 7.81. The molecule has 0 fully saturated rings. The van der Waals surface area contributed by atoms with Gasteiger partial charge in [0, 0.05) is 48.9 Å². The molecule has 0 radical (unpaired) electrons. The summed E-state index contributed by atoms with van der Waals surface area (Å²) in [6.45, 7) is 4.38. The standard InChI is InChI=1S/C27H28N2O3/c1-19(30)14-21-18-29(25-11-6-5-10-24(21)25)17-20-8-7-9-22(15-20)28(2)26-13-12-23(31-3)16-27(26)32-4/h5-13,15-16,18,30H,1,14,17H2,2-4H3. The zero-order chi connectivity index (χ0) is 22.7. The Bertz CT molecular complexity index is 1260. The number of allylic oxidation sites excluding steroid dienone is 1. The average molecular weight is 429 g/mol. The number of para-hydroxylation sites is 1. The Morgan fingerprint density at radius 2 is 1.81 bits per heavy atom. The van der Waals surface area contributed by atoms with E-state index in [4.69, 9.17) is 9.47 Å². The summed E-state index contributed by atoms with van der Waals surface area (Å²) in [6, 6.07) is 22.5. The largest absolute Gasteiger partial charge is 0.513 e. The smallest absolute Gasteiger partial charge is 0.146 e. The van der Waals surface area contributed by atoms with Crippen LogP contribution in [-0.4, -0.2) is 30.9 Å². The summed E-state index contributed by atoms with van der Waals surface area (Å²) >= 11 is 0. The molecule has 5 nitrogen and oxygen atoms in total. The molecule has 1 heterocycles. The lowest BCUT2D eigenvalue weighted by Gasteiger charge is -2.23. The van der Waals surface area contributed by atoms with Gasteiger partial charge < -0.3 is 24.0 Å². The number of aliphatic hydroxyl groups is 1. The molecule has 1 aromatic heterocycles. The van der Waals surface area contributed by atoms with Gasteiger partial charge in [-0.1, -0.05) is 36.9 Å². The highest BCUT2D eigenvalue weighted by atomic mass is 16.5. The highest BCUT2D eigenvalue weighted by Gasteiger charge is 2.13. The summed E-state index contributed by atoms with van der Waals surface area (Å²) in [5.41, 5.74) is 5.41. The Morgan fingerprint density at radius 1 is 1.00 bits per heavy atom. The lowest BCUT2D eigenvalue weighted by atomic mass is 10.1. The molecule has 0 unspecified atom stereocenters. The third-order valence-corrected chi connectivity index (χ3v) is 5.66. The van der Waals surface area contributed by atoms with Crippen molar-refractivity contribution in [2.45, 2.75) is 13.0 Å². The number of fused-ring (bicyclic) bond motifs is 1. The molecular weight excluding hydrogens is 400 g/mol. The lowest BCUT2D eigenvalue weighted by Crippen LogP contribution is -2.11. The van der Waals surface area contributed by atoms with Gasteiger partial charge >= 0.3 is 0 Å². The van der Waals surface area contributed by atoms with Crippen molar-refractivity contribution >= 4 is 22.3 Å². The van der Waals surface area contributed by atoms with Crippen LogP contribution in [0.3, 0.4) is 0 Å². The molecule has 0 aliphatic rings. The van der Waals surface area contributed by atoms with E-state index in [0.29, 0.717) is 6.42 Å². The second-order valence-electron chi connectivity index (χ2n) is 7.81. The molecule has 164 valence electrons. The Balaban J connectivity index is 1.65. The number of anilines is 2. The van der Waals surface area contributed by atoms with Crippen molar-refractivity contribution in [1.82, 2.24) is 4.57 Å². The maximum Gasteiger partial charge on any atom is 0.146 e. The molecule has 5 heteroatoms. The maximum atomic E-state index is 9.72. The van der Waals surface area contributed by atoms with Crippen LogP contribution < -0.4 is 14.4 Å². The SMILES string of the molecule is C=C(O)Cc1cn(Cc2cccc(N(C)c3ccc(OC)cc3OC)c2)c2ccccc12. The Kier molecular flexibility index (Phi) is 6.08. The number of ether oxygens (including phenoxy) is 2. The summed E-state index contributed by atoms with van der Waals surface area (Å²) < 4.78 is 13.1. The minimum absolute atomic E-state index is 0.171. The normalized spacial score (nSPS) is 10.8. The molecule has 0 amide bonds. The van der Waals surface area contributed by atoms with Crippen molar-refractivity contribution in [3.8, 4) is 11.5 Å². The topological polar surface area (TPSA) is 46.9 Å². The van der Waals surface area contributed by atoms with Crippen LogP contribution in [0.2, 0.25) is 0 Å². The molecule has 4 aromatic rings. The number of hydrogen-bond donors (Lipinski definition) is 1. The predicted octanol–water partition coefficient (Wildman–Crippen LogP) is 6.09. The minimum Gasteiger partial charge on any atom is -0.513 e. The first kappa shape index (κ1) is 21.4. The first-order valence-corrected chi connectivity index (χ1v) is 10.5. The molecule has 0 saturated carbocycles. The zero-order valence-electron chi connectivity index (χ0n) is 18.7. The van der Waals surface area contributed by atoms with Crippen LogP contribution in [0.1, 0.15) is 11.1 Å². The quantitative estimate of drug-likeness (QED) is 0.345. The van der Waals surface area contributed by atoms with E-state index < -0.39 is 0 Å². The van der Waals surface area contributed by atoms with Gasteiger partial charge in [0.15, 0.2) is 0 Å². The highest BCUT2D eigenvalue weighted by molar-refractivity contribution is 5.84. The predicted molar refractivity (Wildman–Crippen MR) is 131 cm³/mol. The van der Waals surface area contributed by atoms with Crippen LogP contribution in [-0.2, 0) is 13.0 Å². The molecule has 0 bridgehead atoms. The van der Waals surface area contributed by atoms with Crippen LogP contribution in [0.15, 0.2) is 85.3 Å². The fourth-order valence-corrected chi connectivity index (χ4v) is 4.08. The van der Waals surface area contributed by atoms with Crippen molar-refractivity contribution < 1.29 is 14.6 Å². The van der Waals surface area contributed by atoms with Crippen molar-refractivity contribution in [3.63, 3.8) is 0 Å². The molecule has 0 atom stereocenters. The van der Waals surface area contributed by atoms with E-state index in [-0.39, 0.29) is 5.76 Å². The van der Waals surface area contributed by atoms with E-state index in [0.717, 1.165) is 45.9 Å². The minimum atomic E-state index is 0.171.